The van der Waals surface area contributed by atoms with Crippen LogP contribution < -0.4 is 11.4 Å². The fourth-order valence-electron chi connectivity index (χ4n) is 1.55. The molecular formula is C10H16N3O6PS. The largest absolute Gasteiger partial charge is 0.469 e. The molecule has 0 aromatic carbocycles. The number of nitrogen functional groups attached to an aromatic ring is 1. The fourth-order valence-corrected chi connectivity index (χ4v) is 3.10. The molecule has 0 saturated carbocycles. The third-order valence-corrected chi connectivity index (χ3v) is 4.22. The summed E-state index contributed by atoms with van der Waals surface area (Å²) in [4.78, 5) is 33.1. The van der Waals surface area contributed by atoms with E-state index in [-0.39, 0.29) is 17.6 Å². The molecule has 9 nitrogen and oxygen atoms in total. The lowest BCUT2D eigenvalue weighted by atomic mass is 10.6. The minimum absolute atomic E-state index is 0.163. The van der Waals surface area contributed by atoms with E-state index in [0.29, 0.717) is 4.57 Å². The first kappa shape index (κ1) is 9.98. The molecule has 0 amide bonds. The summed E-state index contributed by atoms with van der Waals surface area (Å²) in [5.41, 5.74) is 4.15. The topological polar surface area (TPSA) is 148 Å². The lowest BCUT2D eigenvalue weighted by molar-refractivity contribution is 0.0927. The van der Waals surface area contributed by atoms with Crippen LogP contribution in [-0.2, 0) is 9.09 Å². The first-order valence-electron chi connectivity index (χ1n) is 8.43. The molecule has 1 aliphatic heterocycles. The number of hydrogen-bond donors (Lipinski definition) is 4. The van der Waals surface area contributed by atoms with Crippen molar-refractivity contribution >= 4 is 25.4 Å². The monoisotopic (exact) mass is 347 g/mol. The molecule has 118 valence electrons. The van der Waals surface area contributed by atoms with Crippen molar-refractivity contribution in [3.8, 4) is 0 Å². The predicted molar refractivity (Wildman–Crippen MR) is 76.5 cm³/mol. The van der Waals surface area contributed by atoms with Crippen LogP contribution in [-0.4, -0.2) is 42.4 Å². The molecule has 1 saturated heterocycles. The van der Waals surface area contributed by atoms with Gasteiger partial charge in [0.25, 0.3) is 0 Å². The molecule has 1 aromatic heterocycles. The minimum atomic E-state index is -5.06. The van der Waals surface area contributed by atoms with Crippen LogP contribution in [0.1, 0.15) is 20.4 Å². The van der Waals surface area contributed by atoms with Crippen molar-refractivity contribution in [3.05, 3.63) is 22.7 Å². The summed E-state index contributed by atoms with van der Waals surface area (Å²) in [5.74, 6) is -3.57. The second-order valence-corrected chi connectivity index (χ2v) is 6.39. The van der Waals surface area contributed by atoms with Gasteiger partial charge in [-0.1, -0.05) is 6.85 Å². The van der Waals surface area contributed by atoms with Crippen molar-refractivity contribution in [1.82, 2.24) is 9.55 Å². The Morgan fingerprint density at radius 2 is 2.43 bits per heavy atom. The van der Waals surface area contributed by atoms with Gasteiger partial charge in [-0.05, 0) is 6.07 Å². The molecule has 0 spiro atoms. The van der Waals surface area contributed by atoms with Crippen LogP contribution >= 0.6 is 19.6 Å². The van der Waals surface area contributed by atoms with E-state index in [2.05, 4.69) is 9.51 Å². The lowest BCUT2D eigenvalue weighted by Gasteiger charge is -2.18. The van der Waals surface area contributed by atoms with Crippen LogP contribution in [0.2, 0.25) is 0 Å². The Kier molecular flexibility index (Phi) is 2.89. The molecule has 0 bridgehead atoms. The highest BCUT2D eigenvalue weighted by Gasteiger charge is 2.42. The second kappa shape index (κ2) is 6.07. The summed E-state index contributed by atoms with van der Waals surface area (Å²) in [7, 11) is -5.06. The number of phosphoric acid groups is 1. The lowest BCUT2D eigenvalue weighted by Crippen LogP contribution is -2.30. The smallest absolute Gasteiger partial charge is 0.391 e. The van der Waals surface area contributed by atoms with Gasteiger partial charge in [-0.15, -0.1) is 11.8 Å². The number of nitrogens with two attached hydrogens (primary N) is 1. The van der Waals surface area contributed by atoms with Crippen LogP contribution in [0.5, 0.6) is 0 Å². The summed E-state index contributed by atoms with van der Waals surface area (Å²) in [6.07, 6.45) is -2.37. The number of thioether (sulfide) groups is 1. The van der Waals surface area contributed by atoms with Crippen molar-refractivity contribution in [3.63, 3.8) is 0 Å². The third kappa shape index (κ3) is 3.85. The van der Waals surface area contributed by atoms with E-state index < -0.39 is 49.5 Å². The molecule has 4 atom stereocenters. The zero-order valence-corrected chi connectivity index (χ0v) is 12.0. The molecule has 21 heavy (non-hydrogen) atoms. The van der Waals surface area contributed by atoms with Gasteiger partial charge in [-0.2, -0.15) is 4.98 Å². The number of phosphoric ester groups is 1. The maximum atomic E-state index is 12.2. The molecule has 5 N–H and O–H groups in total. The quantitative estimate of drug-likeness (QED) is 0.419. The van der Waals surface area contributed by atoms with E-state index in [9.17, 15) is 14.5 Å². The summed E-state index contributed by atoms with van der Waals surface area (Å²) in [6, 6.07) is 1.06. The minimum Gasteiger partial charge on any atom is -0.391 e. The zero-order chi connectivity index (χ0) is 21.1. The highest BCUT2D eigenvalue weighted by Crippen LogP contribution is 2.47. The number of rotatable bonds is 4. The third-order valence-electron chi connectivity index (χ3n) is 2.47. The molecule has 1 aliphatic rings. The van der Waals surface area contributed by atoms with Gasteiger partial charge in [0, 0.05) is 17.6 Å². The van der Waals surface area contributed by atoms with Gasteiger partial charge in [0.1, 0.15) is 5.82 Å². The van der Waals surface area contributed by atoms with Gasteiger partial charge in [-0.3, -0.25) is 9.09 Å². The Balaban J connectivity index is 2.67. The van der Waals surface area contributed by atoms with Crippen molar-refractivity contribution in [1.29, 1.82) is 0 Å². The Bertz CT molecular complexity index is 847. The van der Waals surface area contributed by atoms with Crippen LogP contribution in [0, 0.1) is 5.89 Å². The molecule has 2 heterocycles. The highest BCUT2D eigenvalue weighted by molar-refractivity contribution is 8.00. The van der Waals surface area contributed by atoms with Gasteiger partial charge >= 0.3 is 13.5 Å². The van der Waals surface area contributed by atoms with Gasteiger partial charge < -0.3 is 20.6 Å². The molecule has 0 radical (unpaired) electrons. The summed E-state index contributed by atoms with van der Waals surface area (Å²) < 4.78 is 63.4. The maximum Gasteiger partial charge on any atom is 0.469 e. The zero-order valence-electron chi connectivity index (χ0n) is 16.3. The van der Waals surface area contributed by atoms with Crippen molar-refractivity contribution in [2.24, 2.45) is 5.89 Å². The van der Waals surface area contributed by atoms with Crippen LogP contribution in [0.4, 0.5) is 5.82 Å². The Labute approximate surface area is 132 Å². The maximum absolute atomic E-state index is 12.2. The summed E-state index contributed by atoms with van der Waals surface area (Å²) in [6.45, 7) is -4.51. The van der Waals surface area contributed by atoms with Gasteiger partial charge in [0.2, 0.25) is 0 Å². The second-order valence-electron chi connectivity index (χ2n) is 3.96. The van der Waals surface area contributed by atoms with Crippen LogP contribution in [0.3, 0.4) is 0 Å². The molecule has 1 aromatic rings. The normalized spacial score (nSPS) is 45.0. The number of anilines is 1. The number of nitrogens with zero attached hydrogens (tertiary/aromatic N) is 2. The SMILES string of the molecule is [2H]C([2H])([2H])[13C@@]1([2H])[13C]([2H])(O)[13C@@H](COP(=O)(O)O)S[13C@@]1([2H])n1ccc(N)nc1=O. The summed E-state index contributed by atoms with van der Waals surface area (Å²) >= 11 is 0.163. The predicted octanol–water partition coefficient (Wildman–Crippen LogP) is -0.454. The van der Waals surface area contributed by atoms with E-state index >= 15 is 0 Å². The molecule has 1 fully saturated rings. The highest BCUT2D eigenvalue weighted by atomic mass is 32.2. The van der Waals surface area contributed by atoms with Gasteiger partial charge in [0.05, 0.1) is 26.0 Å². The van der Waals surface area contributed by atoms with E-state index in [0.717, 1.165) is 12.3 Å². The summed E-state index contributed by atoms with van der Waals surface area (Å²) in [5, 5.41) is 5.94. The van der Waals surface area contributed by atoms with Gasteiger partial charge in [-0.25, -0.2) is 9.36 Å². The average molecular weight is 347 g/mol. The van der Waals surface area contributed by atoms with E-state index in [1.807, 2.05) is 0 Å². The average Bonchev–Trinajstić information content (AvgIpc) is 2.63. The van der Waals surface area contributed by atoms with Crippen LogP contribution in [0.25, 0.3) is 0 Å². The van der Waals surface area contributed by atoms with Crippen molar-refractivity contribution < 1.29 is 32.2 Å². The molecular weight excluding hydrogens is 325 g/mol. The standard InChI is InChI=1S/C10H16N3O6PS/c1-5-8(14)6(4-19-20(16,17)18)21-9(5)13-3-2-7(11)12-10(13)15/h2-3,5-6,8-9,14H,4H2,1H3,(H2,11,12,15)(H2,16,17,18)/t5-,6+,8?,9+/m0/s1/i1D3,5+1D,6+1,8+1D,9+1D. The molecule has 2 rings (SSSR count). The number of aliphatic hydroxyl groups is 1. The van der Waals surface area contributed by atoms with Crippen LogP contribution in [0.15, 0.2) is 17.1 Å². The van der Waals surface area contributed by atoms with E-state index in [1.54, 1.807) is 0 Å². The van der Waals surface area contributed by atoms with E-state index in [1.165, 1.54) is 0 Å². The molecule has 11 heteroatoms. The van der Waals surface area contributed by atoms with Crippen molar-refractivity contribution in [2.75, 3.05) is 12.3 Å². The Morgan fingerprint density at radius 3 is 3.00 bits per heavy atom. The first-order valence-corrected chi connectivity index (χ1v) is 7.84. The molecule has 1 unspecified atom stereocenters. The van der Waals surface area contributed by atoms with E-state index in [4.69, 9.17) is 23.7 Å². The Hall–Kier alpha value is -0.900. The fraction of sp³-hybridized carbons (Fsp3) is 0.600. The Morgan fingerprint density at radius 1 is 1.71 bits per heavy atom. The first-order chi connectivity index (χ1) is 12.0. The number of hydrogen-bond acceptors (Lipinski definition) is 7. The van der Waals surface area contributed by atoms with Gasteiger partial charge in [0.15, 0.2) is 0 Å². The number of aromatic nitrogens is 2. The molecule has 0 aliphatic carbocycles. The van der Waals surface area contributed by atoms with Crippen molar-refractivity contribution in [2.45, 2.75) is 23.5 Å².